The molecule has 0 saturated heterocycles. The Balaban J connectivity index is 2.85. The highest BCUT2D eigenvalue weighted by Crippen LogP contribution is 2.03. The van der Waals surface area contributed by atoms with Gasteiger partial charge in [0.05, 0.1) is 6.61 Å². The van der Waals surface area contributed by atoms with Crippen molar-refractivity contribution in [2.75, 3.05) is 19.7 Å². The summed E-state index contributed by atoms with van der Waals surface area (Å²) in [4.78, 5) is 16.6. The van der Waals surface area contributed by atoms with Crippen LogP contribution in [0.4, 0.5) is 4.39 Å². The Labute approximate surface area is 93.0 Å². The van der Waals surface area contributed by atoms with Gasteiger partial charge in [-0.3, -0.25) is 4.79 Å². The molecule has 16 heavy (non-hydrogen) atoms. The summed E-state index contributed by atoms with van der Waals surface area (Å²) in [5.41, 5.74) is 0.0234. The summed E-state index contributed by atoms with van der Waals surface area (Å²) in [5, 5.41) is 8.79. The minimum Gasteiger partial charge on any atom is -0.395 e. The number of aromatic nitrogens is 1. The van der Waals surface area contributed by atoms with E-state index in [1.807, 2.05) is 0 Å². The topological polar surface area (TPSA) is 53.4 Å². The number of aliphatic hydroxyl groups excluding tert-OH is 1. The van der Waals surface area contributed by atoms with Crippen molar-refractivity contribution in [2.24, 2.45) is 0 Å². The first kappa shape index (κ1) is 12.3. The van der Waals surface area contributed by atoms with Gasteiger partial charge in [0.15, 0.2) is 0 Å². The summed E-state index contributed by atoms with van der Waals surface area (Å²) in [6, 6.07) is 4.01. The molecule has 0 aromatic carbocycles. The molecular formula is C11H13FN2O2. The van der Waals surface area contributed by atoms with Crippen molar-refractivity contribution in [2.45, 2.75) is 0 Å². The number of rotatable bonds is 5. The van der Waals surface area contributed by atoms with Crippen molar-refractivity contribution in [3.63, 3.8) is 0 Å². The van der Waals surface area contributed by atoms with Crippen molar-refractivity contribution < 1.29 is 14.3 Å². The van der Waals surface area contributed by atoms with E-state index >= 15 is 0 Å². The van der Waals surface area contributed by atoms with Crippen molar-refractivity contribution in [3.05, 3.63) is 42.5 Å². The van der Waals surface area contributed by atoms with E-state index in [0.717, 1.165) is 0 Å². The van der Waals surface area contributed by atoms with E-state index in [1.54, 1.807) is 0 Å². The monoisotopic (exact) mass is 224 g/mol. The van der Waals surface area contributed by atoms with Gasteiger partial charge in [-0.1, -0.05) is 12.1 Å². The molecule has 1 aromatic heterocycles. The molecule has 1 N–H and O–H groups in total. The van der Waals surface area contributed by atoms with Crippen LogP contribution in [0.3, 0.4) is 0 Å². The first-order chi connectivity index (χ1) is 7.69. The molecule has 1 amide bonds. The Morgan fingerprint density at radius 1 is 1.62 bits per heavy atom. The number of carbonyl (C=O) groups is 1. The van der Waals surface area contributed by atoms with Crippen LogP contribution in [0, 0.1) is 5.95 Å². The average Bonchev–Trinajstić information content (AvgIpc) is 2.28. The molecule has 0 spiro atoms. The lowest BCUT2D eigenvalue weighted by Crippen LogP contribution is -2.34. The molecule has 1 heterocycles. The first-order valence-electron chi connectivity index (χ1n) is 4.82. The molecule has 0 atom stereocenters. The quantitative estimate of drug-likeness (QED) is 0.595. The molecule has 0 aliphatic rings. The molecular weight excluding hydrogens is 211 g/mol. The first-order valence-corrected chi connectivity index (χ1v) is 4.82. The molecule has 1 aromatic rings. The van der Waals surface area contributed by atoms with E-state index in [4.69, 9.17) is 5.11 Å². The van der Waals surface area contributed by atoms with E-state index in [2.05, 4.69) is 11.6 Å². The number of pyridine rings is 1. The molecule has 4 nitrogen and oxygen atoms in total. The number of amides is 1. The Morgan fingerprint density at radius 2 is 2.38 bits per heavy atom. The highest BCUT2D eigenvalue weighted by Gasteiger charge is 2.15. The Hall–Kier alpha value is -1.75. The smallest absolute Gasteiger partial charge is 0.272 e. The predicted octanol–water partition coefficient (Wildman–Crippen LogP) is 0.841. The summed E-state index contributed by atoms with van der Waals surface area (Å²) < 4.78 is 12.8. The normalized spacial score (nSPS) is 9.88. The lowest BCUT2D eigenvalue weighted by atomic mass is 10.3. The van der Waals surface area contributed by atoms with E-state index < -0.39 is 11.9 Å². The molecule has 0 bridgehead atoms. The van der Waals surface area contributed by atoms with Gasteiger partial charge in [-0.2, -0.15) is 4.39 Å². The fraction of sp³-hybridized carbons (Fsp3) is 0.273. The van der Waals surface area contributed by atoms with Crippen molar-refractivity contribution in [1.82, 2.24) is 9.88 Å². The summed E-state index contributed by atoms with van der Waals surface area (Å²) in [6.07, 6.45) is 1.53. The van der Waals surface area contributed by atoms with Gasteiger partial charge in [-0.05, 0) is 12.1 Å². The standard InChI is InChI=1S/C11H13FN2O2/c1-2-6-14(7-8-15)11(16)9-4-3-5-10(12)13-9/h2-5,15H,1,6-8H2. The second-order valence-corrected chi connectivity index (χ2v) is 3.11. The molecule has 86 valence electrons. The van der Waals surface area contributed by atoms with Crippen LogP contribution in [0.25, 0.3) is 0 Å². The van der Waals surface area contributed by atoms with Crippen LogP contribution >= 0.6 is 0 Å². The molecule has 0 radical (unpaired) electrons. The lowest BCUT2D eigenvalue weighted by Gasteiger charge is -2.19. The summed E-state index contributed by atoms with van der Waals surface area (Å²) in [7, 11) is 0. The van der Waals surface area contributed by atoms with Crippen LogP contribution in [0.15, 0.2) is 30.9 Å². The summed E-state index contributed by atoms with van der Waals surface area (Å²) in [5.74, 6) is -1.12. The van der Waals surface area contributed by atoms with Gasteiger partial charge in [0, 0.05) is 13.1 Å². The van der Waals surface area contributed by atoms with Crippen LogP contribution in [-0.4, -0.2) is 40.6 Å². The van der Waals surface area contributed by atoms with Gasteiger partial charge in [-0.15, -0.1) is 6.58 Å². The van der Waals surface area contributed by atoms with Gasteiger partial charge in [-0.25, -0.2) is 4.98 Å². The SMILES string of the molecule is C=CCN(CCO)C(=O)c1cccc(F)n1. The van der Waals surface area contributed by atoms with Crippen molar-refractivity contribution in [3.8, 4) is 0 Å². The minimum atomic E-state index is -0.701. The molecule has 5 heteroatoms. The minimum absolute atomic E-state index is 0.0234. The maximum atomic E-state index is 12.8. The third kappa shape index (κ3) is 3.13. The van der Waals surface area contributed by atoms with Gasteiger partial charge in [0.2, 0.25) is 5.95 Å². The summed E-state index contributed by atoms with van der Waals surface area (Å²) >= 11 is 0. The maximum Gasteiger partial charge on any atom is 0.272 e. The van der Waals surface area contributed by atoms with Crippen LogP contribution in [0.5, 0.6) is 0 Å². The zero-order chi connectivity index (χ0) is 12.0. The van der Waals surface area contributed by atoms with Crippen LogP contribution in [0.1, 0.15) is 10.5 Å². The molecule has 0 aliphatic carbocycles. The van der Waals surface area contributed by atoms with E-state index in [0.29, 0.717) is 0 Å². The molecule has 0 unspecified atom stereocenters. The van der Waals surface area contributed by atoms with Crippen molar-refractivity contribution >= 4 is 5.91 Å². The number of hydrogen-bond acceptors (Lipinski definition) is 3. The molecule has 0 saturated carbocycles. The van der Waals surface area contributed by atoms with E-state index in [-0.39, 0.29) is 25.4 Å². The average molecular weight is 224 g/mol. The third-order valence-electron chi connectivity index (χ3n) is 1.94. The van der Waals surface area contributed by atoms with Crippen LogP contribution in [0.2, 0.25) is 0 Å². The zero-order valence-corrected chi connectivity index (χ0v) is 8.77. The number of halogens is 1. The molecule has 0 fully saturated rings. The Bertz CT molecular complexity index is 382. The van der Waals surface area contributed by atoms with Gasteiger partial charge in [0.25, 0.3) is 5.91 Å². The van der Waals surface area contributed by atoms with Crippen LogP contribution in [-0.2, 0) is 0 Å². The Morgan fingerprint density at radius 3 is 2.94 bits per heavy atom. The number of aliphatic hydroxyl groups is 1. The van der Waals surface area contributed by atoms with Crippen LogP contribution < -0.4 is 0 Å². The predicted molar refractivity (Wildman–Crippen MR) is 57.4 cm³/mol. The molecule has 1 rings (SSSR count). The zero-order valence-electron chi connectivity index (χ0n) is 8.77. The summed E-state index contributed by atoms with van der Waals surface area (Å²) in [6.45, 7) is 3.81. The second-order valence-electron chi connectivity index (χ2n) is 3.11. The van der Waals surface area contributed by atoms with Gasteiger partial charge < -0.3 is 10.0 Å². The number of nitrogens with zero attached hydrogens (tertiary/aromatic N) is 2. The highest BCUT2D eigenvalue weighted by atomic mass is 19.1. The number of hydrogen-bond donors (Lipinski definition) is 1. The fourth-order valence-electron chi connectivity index (χ4n) is 1.24. The van der Waals surface area contributed by atoms with Crippen molar-refractivity contribution in [1.29, 1.82) is 0 Å². The Kier molecular flexibility index (Phi) is 4.60. The third-order valence-corrected chi connectivity index (χ3v) is 1.94. The van der Waals surface area contributed by atoms with Gasteiger partial charge >= 0.3 is 0 Å². The lowest BCUT2D eigenvalue weighted by molar-refractivity contribution is 0.0736. The largest absolute Gasteiger partial charge is 0.395 e. The van der Waals surface area contributed by atoms with E-state index in [1.165, 1.54) is 29.2 Å². The maximum absolute atomic E-state index is 12.8. The highest BCUT2D eigenvalue weighted by molar-refractivity contribution is 5.92. The fourth-order valence-corrected chi connectivity index (χ4v) is 1.24. The number of carbonyl (C=O) groups excluding carboxylic acids is 1. The molecule has 0 aliphatic heterocycles. The second kappa shape index (κ2) is 5.97. The van der Waals surface area contributed by atoms with Gasteiger partial charge in [0.1, 0.15) is 5.69 Å². The van der Waals surface area contributed by atoms with E-state index in [9.17, 15) is 9.18 Å².